The molecule has 0 saturated carbocycles. The largest absolute Gasteiger partial charge is 0.395 e. The molecule has 0 aliphatic carbocycles. The zero-order valence-corrected chi connectivity index (χ0v) is 12.0. The number of aryl methyl sites for hydroxylation is 1. The van der Waals surface area contributed by atoms with E-state index in [9.17, 15) is 14.3 Å². The standard InChI is InChI=1S/C16H21FN2O2/c17-13-8-14(11-20)18(9-13)10-16(21)19-7-3-5-12-4-1-2-6-15(12)19/h1-2,4,6,13-14,20H,3,5,7-11H2/t13-,14-/m0/s1. The highest BCUT2D eigenvalue weighted by Gasteiger charge is 2.34. The van der Waals surface area contributed by atoms with Crippen molar-refractivity contribution in [1.82, 2.24) is 4.90 Å². The summed E-state index contributed by atoms with van der Waals surface area (Å²) < 4.78 is 13.5. The first kappa shape index (κ1) is 14.5. The van der Waals surface area contributed by atoms with Crippen LogP contribution in [0.25, 0.3) is 0 Å². The van der Waals surface area contributed by atoms with Crippen molar-refractivity contribution in [1.29, 1.82) is 0 Å². The van der Waals surface area contributed by atoms with E-state index in [2.05, 4.69) is 6.07 Å². The Morgan fingerprint density at radius 1 is 1.38 bits per heavy atom. The Kier molecular flexibility index (Phi) is 4.22. The Hall–Kier alpha value is -1.46. The van der Waals surface area contributed by atoms with Gasteiger partial charge in [-0.05, 0) is 30.9 Å². The van der Waals surface area contributed by atoms with E-state index < -0.39 is 6.17 Å². The molecule has 3 rings (SSSR count). The lowest BCUT2D eigenvalue weighted by atomic mass is 10.0. The number of halogens is 1. The van der Waals surface area contributed by atoms with E-state index in [0.29, 0.717) is 13.0 Å². The third kappa shape index (κ3) is 2.94. The summed E-state index contributed by atoms with van der Waals surface area (Å²) in [6.07, 6.45) is 1.33. The first-order valence-corrected chi connectivity index (χ1v) is 7.56. The smallest absolute Gasteiger partial charge is 0.241 e. The van der Waals surface area contributed by atoms with Crippen LogP contribution < -0.4 is 4.90 Å². The van der Waals surface area contributed by atoms with Crippen molar-refractivity contribution in [2.75, 3.05) is 31.1 Å². The number of alkyl halides is 1. The van der Waals surface area contributed by atoms with E-state index in [1.807, 2.05) is 18.2 Å². The summed E-state index contributed by atoms with van der Waals surface area (Å²) in [6.45, 7) is 1.04. The molecular weight excluding hydrogens is 271 g/mol. The number of hydrogen-bond acceptors (Lipinski definition) is 3. The maximum Gasteiger partial charge on any atom is 0.241 e. The lowest BCUT2D eigenvalue weighted by Crippen LogP contribution is -2.45. The van der Waals surface area contributed by atoms with Crippen molar-refractivity contribution in [3.63, 3.8) is 0 Å². The highest BCUT2D eigenvalue weighted by atomic mass is 19.1. The normalized spacial score (nSPS) is 25.9. The van der Waals surface area contributed by atoms with Crippen molar-refractivity contribution in [2.24, 2.45) is 0 Å². The van der Waals surface area contributed by atoms with Gasteiger partial charge in [-0.2, -0.15) is 0 Å². The SMILES string of the molecule is O=C(CN1C[C@@H](F)C[C@H]1CO)N1CCCc2ccccc21. The molecule has 2 heterocycles. The van der Waals surface area contributed by atoms with E-state index >= 15 is 0 Å². The van der Waals surface area contributed by atoms with Crippen molar-refractivity contribution < 1.29 is 14.3 Å². The van der Waals surface area contributed by atoms with Gasteiger partial charge in [0.15, 0.2) is 0 Å². The zero-order valence-electron chi connectivity index (χ0n) is 12.0. The number of hydrogen-bond donors (Lipinski definition) is 1. The second-order valence-electron chi connectivity index (χ2n) is 5.88. The Bertz CT molecular complexity index is 523. The van der Waals surface area contributed by atoms with Gasteiger partial charge in [-0.3, -0.25) is 9.69 Å². The van der Waals surface area contributed by atoms with Gasteiger partial charge >= 0.3 is 0 Å². The molecule has 21 heavy (non-hydrogen) atoms. The minimum absolute atomic E-state index is 0.00491. The van der Waals surface area contributed by atoms with Gasteiger partial charge in [-0.1, -0.05) is 18.2 Å². The first-order chi connectivity index (χ1) is 10.2. The second-order valence-corrected chi connectivity index (χ2v) is 5.88. The molecule has 0 unspecified atom stereocenters. The highest BCUT2D eigenvalue weighted by Crippen LogP contribution is 2.27. The molecule has 2 atom stereocenters. The van der Waals surface area contributed by atoms with Crippen LogP contribution in [-0.4, -0.2) is 54.4 Å². The van der Waals surface area contributed by atoms with Crippen molar-refractivity contribution in [3.05, 3.63) is 29.8 Å². The van der Waals surface area contributed by atoms with E-state index in [1.54, 1.807) is 9.80 Å². The third-order valence-electron chi connectivity index (χ3n) is 4.44. The minimum Gasteiger partial charge on any atom is -0.395 e. The monoisotopic (exact) mass is 292 g/mol. The number of fused-ring (bicyclic) bond motifs is 1. The van der Waals surface area contributed by atoms with Gasteiger partial charge in [-0.25, -0.2) is 4.39 Å². The first-order valence-electron chi connectivity index (χ1n) is 7.56. The summed E-state index contributed by atoms with van der Waals surface area (Å²) in [5.41, 5.74) is 2.17. The number of para-hydroxylation sites is 1. The summed E-state index contributed by atoms with van der Waals surface area (Å²) in [7, 11) is 0. The molecule has 1 amide bonds. The maximum atomic E-state index is 13.5. The number of nitrogens with zero attached hydrogens (tertiary/aromatic N) is 2. The summed E-state index contributed by atoms with van der Waals surface area (Å²) in [5.74, 6) is -0.00491. The van der Waals surface area contributed by atoms with Crippen LogP contribution in [0.4, 0.5) is 10.1 Å². The van der Waals surface area contributed by atoms with Crippen LogP contribution in [0.5, 0.6) is 0 Å². The molecule has 0 spiro atoms. The molecule has 0 aromatic heterocycles. The number of carbonyl (C=O) groups is 1. The fourth-order valence-corrected chi connectivity index (χ4v) is 3.36. The molecule has 1 saturated heterocycles. The Labute approximate surface area is 124 Å². The van der Waals surface area contributed by atoms with Crippen LogP contribution in [0.15, 0.2) is 24.3 Å². The van der Waals surface area contributed by atoms with Crippen LogP contribution in [-0.2, 0) is 11.2 Å². The lowest BCUT2D eigenvalue weighted by molar-refractivity contribution is -0.120. The summed E-state index contributed by atoms with van der Waals surface area (Å²) in [6, 6.07) is 7.72. The molecule has 2 aliphatic heterocycles. The fourth-order valence-electron chi connectivity index (χ4n) is 3.36. The van der Waals surface area contributed by atoms with Crippen molar-refractivity contribution in [2.45, 2.75) is 31.5 Å². The number of rotatable bonds is 3. The van der Waals surface area contributed by atoms with E-state index in [0.717, 1.165) is 18.5 Å². The van der Waals surface area contributed by atoms with Gasteiger partial charge in [0.25, 0.3) is 0 Å². The maximum absolute atomic E-state index is 13.5. The quantitative estimate of drug-likeness (QED) is 0.915. The van der Waals surface area contributed by atoms with E-state index in [-0.39, 0.29) is 31.6 Å². The number of amides is 1. The van der Waals surface area contributed by atoms with Gasteiger partial charge in [0, 0.05) is 24.8 Å². The van der Waals surface area contributed by atoms with Crippen LogP contribution in [0, 0.1) is 0 Å². The topological polar surface area (TPSA) is 43.8 Å². The van der Waals surface area contributed by atoms with Gasteiger partial charge < -0.3 is 10.0 Å². The second kappa shape index (κ2) is 6.12. The molecule has 114 valence electrons. The molecule has 1 N–H and O–H groups in total. The molecule has 1 aromatic rings. The van der Waals surface area contributed by atoms with E-state index in [4.69, 9.17) is 0 Å². The van der Waals surface area contributed by atoms with Gasteiger partial charge in [0.1, 0.15) is 6.17 Å². The molecular formula is C16H21FN2O2. The molecule has 5 heteroatoms. The van der Waals surface area contributed by atoms with Crippen LogP contribution >= 0.6 is 0 Å². The predicted octanol–water partition coefficient (Wildman–Crippen LogP) is 1.37. The predicted molar refractivity (Wildman–Crippen MR) is 79.1 cm³/mol. The Morgan fingerprint density at radius 3 is 3.00 bits per heavy atom. The third-order valence-corrected chi connectivity index (χ3v) is 4.44. The number of carbonyl (C=O) groups excluding carboxylic acids is 1. The molecule has 4 nitrogen and oxygen atoms in total. The van der Waals surface area contributed by atoms with E-state index in [1.165, 1.54) is 5.56 Å². The van der Waals surface area contributed by atoms with Crippen molar-refractivity contribution in [3.8, 4) is 0 Å². The average Bonchev–Trinajstić information content (AvgIpc) is 2.86. The number of benzene rings is 1. The molecule has 0 bridgehead atoms. The van der Waals surface area contributed by atoms with Gasteiger partial charge in [-0.15, -0.1) is 0 Å². The number of anilines is 1. The molecule has 0 radical (unpaired) electrons. The summed E-state index contributed by atoms with van der Waals surface area (Å²) >= 11 is 0. The Morgan fingerprint density at radius 2 is 2.19 bits per heavy atom. The Balaban J connectivity index is 1.72. The average molecular weight is 292 g/mol. The zero-order chi connectivity index (χ0) is 14.8. The lowest BCUT2D eigenvalue weighted by Gasteiger charge is -2.32. The van der Waals surface area contributed by atoms with Gasteiger partial charge in [0.2, 0.25) is 5.91 Å². The van der Waals surface area contributed by atoms with Crippen LogP contribution in [0.1, 0.15) is 18.4 Å². The minimum atomic E-state index is -0.941. The summed E-state index contributed by atoms with van der Waals surface area (Å²) in [4.78, 5) is 16.1. The van der Waals surface area contributed by atoms with Crippen molar-refractivity contribution >= 4 is 11.6 Å². The number of aliphatic hydroxyl groups excluding tert-OH is 1. The highest BCUT2D eigenvalue weighted by molar-refractivity contribution is 5.96. The molecule has 1 fully saturated rings. The fraction of sp³-hybridized carbons (Fsp3) is 0.562. The van der Waals surface area contributed by atoms with Crippen LogP contribution in [0.3, 0.4) is 0 Å². The van der Waals surface area contributed by atoms with Gasteiger partial charge in [0.05, 0.1) is 13.2 Å². The number of likely N-dealkylation sites (tertiary alicyclic amines) is 1. The molecule has 1 aromatic carbocycles. The van der Waals surface area contributed by atoms with Crippen LogP contribution in [0.2, 0.25) is 0 Å². The summed E-state index contributed by atoms with van der Waals surface area (Å²) in [5, 5.41) is 9.30. The number of aliphatic hydroxyl groups is 1. The molecule has 2 aliphatic rings.